The van der Waals surface area contributed by atoms with Gasteiger partial charge in [0.1, 0.15) is 5.75 Å². The standard InChI is InChI=1S/C23H17NO2/c1-16-11-13-18(14-12-16)26-23(25)20-15-22(17-7-3-2-4-8-17)24-21-10-6-5-9-19(20)21/h2-15H,1H3. The smallest absolute Gasteiger partial charge is 0.344 e. The van der Waals surface area contributed by atoms with Gasteiger partial charge in [-0.1, -0.05) is 66.2 Å². The molecule has 126 valence electrons. The van der Waals surface area contributed by atoms with Gasteiger partial charge in [-0.2, -0.15) is 0 Å². The Hall–Kier alpha value is -3.46. The Bertz CT molecular complexity index is 1070. The van der Waals surface area contributed by atoms with Crippen molar-refractivity contribution >= 4 is 16.9 Å². The molecule has 4 rings (SSSR count). The van der Waals surface area contributed by atoms with Crippen molar-refractivity contribution < 1.29 is 9.53 Å². The summed E-state index contributed by atoms with van der Waals surface area (Å²) >= 11 is 0. The summed E-state index contributed by atoms with van der Waals surface area (Å²) in [6.45, 7) is 1.99. The van der Waals surface area contributed by atoms with Gasteiger partial charge in [0.2, 0.25) is 0 Å². The number of rotatable bonds is 3. The normalized spacial score (nSPS) is 10.7. The summed E-state index contributed by atoms with van der Waals surface area (Å²) in [5, 5.41) is 0.782. The van der Waals surface area contributed by atoms with Crippen LogP contribution < -0.4 is 4.74 Å². The zero-order chi connectivity index (χ0) is 17.9. The van der Waals surface area contributed by atoms with Crippen molar-refractivity contribution in [3.05, 3.63) is 96.1 Å². The van der Waals surface area contributed by atoms with E-state index in [1.165, 1.54) is 0 Å². The highest BCUT2D eigenvalue weighted by molar-refractivity contribution is 6.05. The number of para-hydroxylation sites is 1. The number of pyridine rings is 1. The van der Waals surface area contributed by atoms with E-state index in [-0.39, 0.29) is 5.97 Å². The Morgan fingerprint density at radius 2 is 1.54 bits per heavy atom. The van der Waals surface area contributed by atoms with Crippen LogP contribution in [0, 0.1) is 6.92 Å². The van der Waals surface area contributed by atoms with Gasteiger partial charge in [0.25, 0.3) is 0 Å². The van der Waals surface area contributed by atoms with Crippen molar-refractivity contribution in [3.63, 3.8) is 0 Å². The number of esters is 1. The number of benzene rings is 3. The maximum atomic E-state index is 12.8. The molecule has 3 nitrogen and oxygen atoms in total. The number of ether oxygens (including phenoxy) is 1. The average Bonchev–Trinajstić information content (AvgIpc) is 2.69. The molecule has 0 saturated heterocycles. The van der Waals surface area contributed by atoms with E-state index in [9.17, 15) is 4.79 Å². The van der Waals surface area contributed by atoms with Crippen molar-refractivity contribution in [1.82, 2.24) is 4.98 Å². The van der Waals surface area contributed by atoms with Crippen LogP contribution in [-0.2, 0) is 0 Å². The second-order valence-electron chi connectivity index (χ2n) is 6.14. The highest BCUT2D eigenvalue weighted by atomic mass is 16.5. The van der Waals surface area contributed by atoms with Crippen molar-refractivity contribution in [2.24, 2.45) is 0 Å². The first kappa shape index (κ1) is 16.0. The van der Waals surface area contributed by atoms with E-state index in [0.717, 1.165) is 27.7 Å². The molecule has 26 heavy (non-hydrogen) atoms. The first-order valence-electron chi connectivity index (χ1n) is 8.45. The number of nitrogens with zero attached hydrogens (tertiary/aromatic N) is 1. The molecule has 0 fully saturated rings. The number of carbonyl (C=O) groups excluding carboxylic acids is 1. The summed E-state index contributed by atoms with van der Waals surface area (Å²) in [5.41, 5.74) is 4.10. The third-order valence-corrected chi connectivity index (χ3v) is 4.24. The first-order chi connectivity index (χ1) is 12.7. The Balaban J connectivity index is 1.79. The zero-order valence-electron chi connectivity index (χ0n) is 14.3. The Morgan fingerprint density at radius 3 is 2.31 bits per heavy atom. The van der Waals surface area contributed by atoms with E-state index in [0.29, 0.717) is 11.3 Å². The Kier molecular flexibility index (Phi) is 4.20. The van der Waals surface area contributed by atoms with Crippen LogP contribution in [0.5, 0.6) is 5.75 Å². The van der Waals surface area contributed by atoms with Crippen molar-refractivity contribution in [1.29, 1.82) is 0 Å². The average molecular weight is 339 g/mol. The summed E-state index contributed by atoms with van der Waals surface area (Å²) in [4.78, 5) is 17.5. The van der Waals surface area contributed by atoms with Crippen LogP contribution in [0.15, 0.2) is 84.9 Å². The molecule has 3 aromatic carbocycles. The second-order valence-corrected chi connectivity index (χ2v) is 6.14. The highest BCUT2D eigenvalue weighted by Crippen LogP contribution is 2.26. The van der Waals surface area contributed by atoms with Gasteiger partial charge < -0.3 is 4.74 Å². The van der Waals surface area contributed by atoms with Crippen molar-refractivity contribution in [2.75, 3.05) is 0 Å². The lowest BCUT2D eigenvalue weighted by molar-refractivity contribution is 0.0737. The Labute approximate surface area is 151 Å². The lowest BCUT2D eigenvalue weighted by atomic mass is 10.0. The molecule has 0 spiro atoms. The molecule has 0 N–H and O–H groups in total. The number of hydrogen-bond acceptors (Lipinski definition) is 3. The maximum Gasteiger partial charge on any atom is 0.344 e. The van der Waals surface area contributed by atoms with Gasteiger partial charge in [-0.05, 0) is 31.2 Å². The molecule has 0 aliphatic rings. The summed E-state index contributed by atoms with van der Waals surface area (Å²) in [7, 11) is 0. The first-order valence-corrected chi connectivity index (χ1v) is 8.45. The third-order valence-electron chi connectivity index (χ3n) is 4.24. The van der Waals surface area contributed by atoms with Gasteiger partial charge in [0, 0.05) is 10.9 Å². The van der Waals surface area contributed by atoms with Crippen LogP contribution in [0.3, 0.4) is 0 Å². The van der Waals surface area contributed by atoms with Gasteiger partial charge in [-0.25, -0.2) is 9.78 Å². The fourth-order valence-corrected chi connectivity index (χ4v) is 2.87. The van der Waals surface area contributed by atoms with E-state index < -0.39 is 0 Å². The summed E-state index contributed by atoms with van der Waals surface area (Å²) in [5.74, 6) is 0.146. The van der Waals surface area contributed by atoms with E-state index in [1.807, 2.05) is 73.7 Å². The number of carbonyl (C=O) groups is 1. The third kappa shape index (κ3) is 3.20. The molecule has 0 bridgehead atoms. The number of hydrogen-bond donors (Lipinski definition) is 0. The molecular formula is C23H17NO2. The topological polar surface area (TPSA) is 39.2 Å². The van der Waals surface area contributed by atoms with E-state index in [1.54, 1.807) is 18.2 Å². The molecule has 0 saturated carbocycles. The van der Waals surface area contributed by atoms with Crippen molar-refractivity contribution in [3.8, 4) is 17.0 Å². The molecule has 0 unspecified atom stereocenters. The molecular weight excluding hydrogens is 322 g/mol. The number of fused-ring (bicyclic) bond motifs is 1. The summed E-state index contributed by atoms with van der Waals surface area (Å²) < 4.78 is 5.59. The Morgan fingerprint density at radius 1 is 0.846 bits per heavy atom. The molecule has 1 heterocycles. The van der Waals surface area contributed by atoms with Gasteiger partial charge in [0.05, 0.1) is 16.8 Å². The van der Waals surface area contributed by atoms with Crippen LogP contribution in [0.4, 0.5) is 0 Å². The lowest BCUT2D eigenvalue weighted by Crippen LogP contribution is -2.10. The van der Waals surface area contributed by atoms with Gasteiger partial charge in [-0.3, -0.25) is 0 Å². The monoisotopic (exact) mass is 339 g/mol. The molecule has 0 amide bonds. The molecule has 1 aromatic heterocycles. The number of aryl methyl sites for hydroxylation is 1. The van der Waals surface area contributed by atoms with E-state index >= 15 is 0 Å². The second kappa shape index (κ2) is 6.81. The molecule has 4 aromatic rings. The predicted molar refractivity (Wildman–Crippen MR) is 103 cm³/mol. The van der Waals surface area contributed by atoms with Gasteiger partial charge in [-0.15, -0.1) is 0 Å². The quantitative estimate of drug-likeness (QED) is 0.369. The zero-order valence-corrected chi connectivity index (χ0v) is 14.3. The van der Waals surface area contributed by atoms with Crippen LogP contribution in [0.25, 0.3) is 22.2 Å². The molecule has 0 radical (unpaired) electrons. The summed E-state index contributed by atoms with van der Waals surface area (Å²) in [6, 6.07) is 26.7. The molecule has 0 aliphatic heterocycles. The minimum atomic E-state index is -0.385. The molecule has 0 atom stereocenters. The molecule has 3 heteroatoms. The minimum absolute atomic E-state index is 0.385. The van der Waals surface area contributed by atoms with E-state index in [4.69, 9.17) is 9.72 Å². The predicted octanol–water partition coefficient (Wildman–Crippen LogP) is 5.43. The van der Waals surface area contributed by atoms with E-state index in [2.05, 4.69) is 0 Å². The van der Waals surface area contributed by atoms with Gasteiger partial charge in [0.15, 0.2) is 0 Å². The minimum Gasteiger partial charge on any atom is -0.423 e. The highest BCUT2D eigenvalue weighted by Gasteiger charge is 2.16. The van der Waals surface area contributed by atoms with Crippen molar-refractivity contribution in [2.45, 2.75) is 6.92 Å². The fraction of sp³-hybridized carbons (Fsp3) is 0.0435. The maximum absolute atomic E-state index is 12.8. The van der Waals surface area contributed by atoms with Gasteiger partial charge >= 0.3 is 5.97 Å². The van der Waals surface area contributed by atoms with Crippen LogP contribution in [0.1, 0.15) is 15.9 Å². The number of aromatic nitrogens is 1. The largest absolute Gasteiger partial charge is 0.423 e. The summed E-state index contributed by atoms with van der Waals surface area (Å²) in [6.07, 6.45) is 0. The van der Waals surface area contributed by atoms with Crippen LogP contribution >= 0.6 is 0 Å². The lowest BCUT2D eigenvalue weighted by Gasteiger charge is -2.10. The van der Waals surface area contributed by atoms with Crippen LogP contribution in [0.2, 0.25) is 0 Å². The fourth-order valence-electron chi connectivity index (χ4n) is 2.87. The SMILES string of the molecule is Cc1ccc(OC(=O)c2cc(-c3ccccc3)nc3ccccc23)cc1. The van der Waals surface area contributed by atoms with Crippen LogP contribution in [-0.4, -0.2) is 11.0 Å². The molecule has 0 aliphatic carbocycles.